The highest BCUT2D eigenvalue weighted by atomic mass is 16.7. The van der Waals surface area contributed by atoms with Crippen molar-refractivity contribution in [2.75, 3.05) is 21.2 Å². The van der Waals surface area contributed by atoms with Crippen LogP contribution in [0.4, 0.5) is 0 Å². The topological polar surface area (TPSA) is 223 Å². The molecule has 3 N–H and O–H groups in total. The molecule has 0 bridgehead atoms. The Bertz CT molecular complexity index is 1370. The molecule has 0 saturated carbocycles. The highest BCUT2D eigenvalue weighted by Crippen LogP contribution is 2.37. The Balaban J connectivity index is 2.00. The van der Waals surface area contributed by atoms with E-state index in [0.29, 0.717) is 6.29 Å². The second-order valence-electron chi connectivity index (χ2n) is 16.0. The number of cyclic esters (lactones) is 1. The number of rotatable bonds is 11. The standard InChI is InChI=1S/C40H65NO16/c1-11-30(46)55-38-24(5)52-32(20-40(38,7)49)56-35-23(4)53-39(34(48)33(35)41(8)9)57-36-26(15-16-42)17-21(2)28(45)14-12-13-27(44)18-22(3)51-31(47)19-29(37(36)50-10)54-25(6)43/h12,14,16,21-24,26-27,29,32-39,44,48-49H,11,13,15,17-20H2,1-10H3/b14-12+/t21-,22-,23-,24+,26+,27?,29-,32+,33-,34-,35-,36+,37+,38+,39+,40-/m1/s1. The van der Waals surface area contributed by atoms with Crippen molar-refractivity contribution in [3.8, 4) is 0 Å². The van der Waals surface area contributed by atoms with Gasteiger partial charge in [0.2, 0.25) is 0 Å². The number of hydrogen-bond acceptors (Lipinski definition) is 17. The summed E-state index contributed by atoms with van der Waals surface area (Å²) in [5.41, 5.74) is -1.50. The Labute approximate surface area is 335 Å². The number of esters is 3. The van der Waals surface area contributed by atoms with E-state index in [0.717, 1.165) is 6.92 Å². The molecule has 0 amide bonds. The molecule has 17 heteroatoms. The third kappa shape index (κ3) is 13.6. The number of allylic oxidation sites excluding steroid dienone is 1. The Kier molecular flexibility index (Phi) is 18.7. The summed E-state index contributed by atoms with van der Waals surface area (Å²) >= 11 is 0. The molecule has 0 aromatic rings. The lowest BCUT2D eigenvalue weighted by Gasteiger charge is -2.50. The summed E-state index contributed by atoms with van der Waals surface area (Å²) in [6.07, 6.45) is -9.21. The maximum atomic E-state index is 13.3. The SMILES string of the molecule is CCC(=O)O[C@H]1[C@H](C)O[C@@H](O[C@H]2[C@H](N(C)C)[C@@H](O)[C@H](O[C@H]3[C@@H](CC=O)C[C@@H](C)C(=O)/C=C/CC(O)C[C@@H](C)OC(=O)C[C@@H](OC(C)=O)[C@@H]3OC)O[C@@H]2C)C[C@@]1(C)O. The van der Waals surface area contributed by atoms with Crippen molar-refractivity contribution in [3.63, 3.8) is 0 Å². The van der Waals surface area contributed by atoms with E-state index in [1.54, 1.807) is 59.7 Å². The molecule has 0 radical (unpaired) electrons. The molecule has 0 aliphatic carbocycles. The van der Waals surface area contributed by atoms with Crippen LogP contribution in [0.5, 0.6) is 0 Å². The largest absolute Gasteiger partial charge is 0.462 e. The Morgan fingerprint density at radius 3 is 2.26 bits per heavy atom. The van der Waals surface area contributed by atoms with E-state index in [1.165, 1.54) is 20.1 Å². The molecule has 326 valence electrons. The predicted octanol–water partition coefficient (Wildman–Crippen LogP) is 1.78. The van der Waals surface area contributed by atoms with Crippen LogP contribution in [0.15, 0.2) is 12.2 Å². The number of ether oxygens (including phenoxy) is 8. The van der Waals surface area contributed by atoms with Crippen molar-refractivity contribution in [1.82, 2.24) is 4.90 Å². The summed E-state index contributed by atoms with van der Waals surface area (Å²) < 4.78 is 48.0. The molecule has 3 rings (SSSR count). The predicted molar refractivity (Wildman–Crippen MR) is 201 cm³/mol. The van der Waals surface area contributed by atoms with E-state index < -0.39 is 121 Å². The van der Waals surface area contributed by atoms with Gasteiger partial charge in [-0.05, 0) is 66.6 Å². The van der Waals surface area contributed by atoms with Crippen molar-refractivity contribution in [2.45, 2.75) is 179 Å². The van der Waals surface area contributed by atoms with E-state index in [2.05, 4.69) is 0 Å². The summed E-state index contributed by atoms with van der Waals surface area (Å²) in [6, 6.07) is -0.809. The second kappa shape index (κ2) is 21.9. The fraction of sp³-hybridized carbons (Fsp3) is 0.825. The van der Waals surface area contributed by atoms with Crippen LogP contribution in [-0.2, 0) is 61.9 Å². The van der Waals surface area contributed by atoms with Gasteiger partial charge in [-0.15, -0.1) is 0 Å². The highest BCUT2D eigenvalue weighted by Gasteiger charge is 2.53. The zero-order chi connectivity index (χ0) is 42.8. The first-order valence-electron chi connectivity index (χ1n) is 19.8. The van der Waals surface area contributed by atoms with E-state index in [1.807, 2.05) is 0 Å². The second-order valence-corrected chi connectivity index (χ2v) is 16.0. The Morgan fingerprint density at radius 1 is 1.00 bits per heavy atom. The van der Waals surface area contributed by atoms with Gasteiger partial charge in [0.25, 0.3) is 0 Å². The lowest BCUT2D eigenvalue weighted by atomic mass is 9.83. The van der Waals surface area contributed by atoms with Crippen molar-refractivity contribution >= 4 is 30.0 Å². The van der Waals surface area contributed by atoms with Gasteiger partial charge >= 0.3 is 17.9 Å². The maximum absolute atomic E-state index is 13.3. The fourth-order valence-electron chi connectivity index (χ4n) is 8.00. The molecule has 2 saturated heterocycles. The van der Waals surface area contributed by atoms with Crippen molar-refractivity contribution in [2.24, 2.45) is 11.8 Å². The van der Waals surface area contributed by atoms with Gasteiger partial charge in [-0.2, -0.15) is 0 Å². The molecule has 0 aromatic carbocycles. The quantitative estimate of drug-likeness (QED) is 0.154. The lowest BCUT2D eigenvalue weighted by molar-refractivity contribution is -0.344. The molecule has 16 atom stereocenters. The average Bonchev–Trinajstić information content (AvgIpc) is 3.10. The Hall–Kier alpha value is -2.87. The first-order valence-corrected chi connectivity index (χ1v) is 19.8. The number of methoxy groups -OCH3 is 1. The van der Waals surface area contributed by atoms with Crippen LogP contribution in [0, 0.1) is 11.8 Å². The van der Waals surface area contributed by atoms with Gasteiger partial charge in [0.05, 0.1) is 36.9 Å². The van der Waals surface area contributed by atoms with E-state index >= 15 is 0 Å². The molecule has 0 aromatic heterocycles. The molecular weight excluding hydrogens is 750 g/mol. The summed E-state index contributed by atoms with van der Waals surface area (Å²) in [6.45, 7) is 11.0. The van der Waals surface area contributed by atoms with Crippen LogP contribution in [0.1, 0.15) is 93.4 Å². The number of aliphatic hydroxyl groups excluding tert-OH is 2. The first-order chi connectivity index (χ1) is 26.7. The summed E-state index contributed by atoms with van der Waals surface area (Å²) in [4.78, 5) is 65.0. The van der Waals surface area contributed by atoms with Gasteiger partial charge in [0.1, 0.15) is 42.4 Å². The minimum atomic E-state index is -1.50. The van der Waals surface area contributed by atoms with Crippen LogP contribution in [0.25, 0.3) is 0 Å². The van der Waals surface area contributed by atoms with Crippen molar-refractivity contribution in [3.05, 3.63) is 12.2 Å². The van der Waals surface area contributed by atoms with Crippen LogP contribution >= 0.6 is 0 Å². The van der Waals surface area contributed by atoms with E-state index in [9.17, 15) is 39.3 Å². The Morgan fingerprint density at radius 2 is 1.68 bits per heavy atom. The average molecular weight is 816 g/mol. The van der Waals surface area contributed by atoms with Crippen LogP contribution in [0.2, 0.25) is 0 Å². The molecular formula is C40H65NO16. The maximum Gasteiger partial charge on any atom is 0.309 e. The van der Waals surface area contributed by atoms with Crippen molar-refractivity contribution in [1.29, 1.82) is 0 Å². The van der Waals surface area contributed by atoms with E-state index in [4.69, 9.17) is 37.9 Å². The zero-order valence-corrected chi connectivity index (χ0v) is 34.9. The molecule has 3 heterocycles. The number of ketones is 1. The number of hydrogen-bond donors (Lipinski definition) is 3. The molecule has 0 spiro atoms. The normalized spacial score (nSPS) is 40.8. The van der Waals surface area contributed by atoms with Crippen molar-refractivity contribution < 1.29 is 77.2 Å². The van der Waals surface area contributed by atoms with Gasteiger partial charge in [-0.3, -0.25) is 19.2 Å². The van der Waals surface area contributed by atoms with Gasteiger partial charge in [0, 0.05) is 45.6 Å². The molecule has 1 unspecified atom stereocenters. The minimum absolute atomic E-state index is 0.0607. The van der Waals surface area contributed by atoms with Gasteiger partial charge in [-0.25, -0.2) is 0 Å². The number of carbonyl (C=O) groups is 5. The molecule has 3 aliphatic rings. The number of likely N-dealkylation sites (N-methyl/N-ethyl adjacent to an activating group) is 1. The number of aldehydes is 1. The first kappa shape index (κ1) is 48.5. The number of nitrogens with zero attached hydrogens (tertiary/aromatic N) is 1. The monoisotopic (exact) mass is 815 g/mol. The molecule has 3 aliphatic heterocycles. The highest BCUT2D eigenvalue weighted by molar-refractivity contribution is 5.91. The van der Waals surface area contributed by atoms with Gasteiger partial charge in [0.15, 0.2) is 24.5 Å². The fourth-order valence-corrected chi connectivity index (χ4v) is 8.00. The van der Waals surface area contributed by atoms with Gasteiger partial charge in [-0.1, -0.05) is 19.9 Å². The van der Waals surface area contributed by atoms with Gasteiger partial charge < -0.3 is 62.9 Å². The summed E-state index contributed by atoms with van der Waals surface area (Å²) in [5, 5.41) is 33.8. The zero-order valence-electron chi connectivity index (χ0n) is 34.9. The third-order valence-electron chi connectivity index (χ3n) is 10.8. The minimum Gasteiger partial charge on any atom is -0.462 e. The molecule has 17 nitrogen and oxygen atoms in total. The van der Waals surface area contributed by atoms with Crippen LogP contribution in [-0.4, -0.2) is 157 Å². The number of aliphatic hydroxyl groups is 3. The smallest absolute Gasteiger partial charge is 0.309 e. The molecule has 57 heavy (non-hydrogen) atoms. The lowest BCUT2D eigenvalue weighted by Crippen LogP contribution is -2.66. The summed E-state index contributed by atoms with van der Waals surface area (Å²) in [5.74, 6) is -3.68. The molecule has 2 fully saturated rings. The summed E-state index contributed by atoms with van der Waals surface area (Å²) in [7, 11) is 4.77. The number of carbonyl (C=O) groups excluding carboxylic acids is 5. The van der Waals surface area contributed by atoms with Crippen LogP contribution < -0.4 is 0 Å². The van der Waals surface area contributed by atoms with Crippen LogP contribution in [0.3, 0.4) is 0 Å². The third-order valence-corrected chi connectivity index (χ3v) is 10.8. The van der Waals surface area contributed by atoms with E-state index in [-0.39, 0.29) is 44.3 Å².